The molecule has 0 spiro atoms. The SMILES string of the molecule is CCCCCCCCCc1cnc(N)s1. The molecule has 0 unspecified atom stereocenters. The van der Waals surface area contributed by atoms with Crippen molar-refractivity contribution in [3.8, 4) is 0 Å². The molecule has 1 heterocycles. The molecule has 1 aromatic heterocycles. The number of nitrogens with two attached hydrogens (primary N) is 1. The van der Waals surface area contributed by atoms with Gasteiger partial charge in [-0.15, -0.1) is 11.3 Å². The van der Waals surface area contributed by atoms with Gasteiger partial charge in [0.1, 0.15) is 0 Å². The molecule has 1 rings (SSSR count). The van der Waals surface area contributed by atoms with Crippen molar-refractivity contribution >= 4 is 16.5 Å². The summed E-state index contributed by atoms with van der Waals surface area (Å²) >= 11 is 1.63. The van der Waals surface area contributed by atoms with Crippen LogP contribution in [0.25, 0.3) is 0 Å². The van der Waals surface area contributed by atoms with Gasteiger partial charge in [0.25, 0.3) is 0 Å². The first-order valence-electron chi connectivity index (χ1n) is 6.03. The molecule has 0 aliphatic rings. The third-order valence-corrected chi connectivity index (χ3v) is 3.48. The number of aryl methyl sites for hydroxylation is 1. The zero-order chi connectivity index (χ0) is 10.9. The van der Waals surface area contributed by atoms with Crippen LogP contribution in [0.1, 0.15) is 56.7 Å². The Bertz CT molecular complexity index is 258. The number of aromatic nitrogens is 1. The maximum absolute atomic E-state index is 5.57. The van der Waals surface area contributed by atoms with E-state index in [9.17, 15) is 0 Å². The fourth-order valence-electron chi connectivity index (χ4n) is 1.69. The van der Waals surface area contributed by atoms with E-state index in [2.05, 4.69) is 11.9 Å². The fourth-order valence-corrected chi connectivity index (χ4v) is 2.42. The molecule has 0 aliphatic heterocycles. The van der Waals surface area contributed by atoms with Gasteiger partial charge in [0.2, 0.25) is 0 Å². The predicted octanol–water partition coefficient (Wildman–Crippen LogP) is 4.02. The molecule has 0 radical (unpaired) electrons. The normalized spacial score (nSPS) is 10.7. The molecule has 2 nitrogen and oxygen atoms in total. The molecule has 1 aromatic rings. The van der Waals surface area contributed by atoms with Crippen LogP contribution in [0.4, 0.5) is 5.13 Å². The molecule has 0 atom stereocenters. The van der Waals surface area contributed by atoms with Crippen LogP contribution in [0.5, 0.6) is 0 Å². The molecule has 15 heavy (non-hydrogen) atoms. The zero-order valence-corrected chi connectivity index (χ0v) is 10.5. The summed E-state index contributed by atoms with van der Waals surface area (Å²) in [5.74, 6) is 0. The third-order valence-electron chi connectivity index (χ3n) is 2.60. The van der Waals surface area contributed by atoms with Crippen LogP contribution >= 0.6 is 11.3 Å². The van der Waals surface area contributed by atoms with E-state index in [0.717, 1.165) is 6.42 Å². The first-order valence-corrected chi connectivity index (χ1v) is 6.84. The maximum atomic E-state index is 5.57. The van der Waals surface area contributed by atoms with E-state index >= 15 is 0 Å². The summed E-state index contributed by atoms with van der Waals surface area (Å²) < 4.78 is 0. The van der Waals surface area contributed by atoms with Crippen LogP contribution in [-0.2, 0) is 6.42 Å². The minimum absolute atomic E-state index is 0.702. The van der Waals surface area contributed by atoms with Gasteiger partial charge in [-0.1, -0.05) is 45.4 Å². The van der Waals surface area contributed by atoms with Gasteiger partial charge in [0.05, 0.1) is 0 Å². The lowest BCUT2D eigenvalue weighted by Gasteiger charge is -1.99. The lowest BCUT2D eigenvalue weighted by molar-refractivity contribution is 0.590. The molecule has 0 saturated carbocycles. The van der Waals surface area contributed by atoms with E-state index in [1.54, 1.807) is 11.3 Å². The van der Waals surface area contributed by atoms with E-state index < -0.39 is 0 Å². The molecule has 2 N–H and O–H groups in total. The number of hydrogen-bond donors (Lipinski definition) is 1. The first kappa shape index (κ1) is 12.5. The van der Waals surface area contributed by atoms with Crippen molar-refractivity contribution < 1.29 is 0 Å². The predicted molar refractivity (Wildman–Crippen MR) is 68.2 cm³/mol. The Balaban J connectivity index is 1.93. The Morgan fingerprint density at radius 1 is 1.13 bits per heavy atom. The van der Waals surface area contributed by atoms with Gasteiger partial charge in [-0.3, -0.25) is 0 Å². The van der Waals surface area contributed by atoms with E-state index in [-0.39, 0.29) is 0 Å². The minimum atomic E-state index is 0.702. The molecule has 3 heteroatoms. The van der Waals surface area contributed by atoms with Crippen LogP contribution in [0.2, 0.25) is 0 Å². The molecule has 0 aliphatic carbocycles. The lowest BCUT2D eigenvalue weighted by Crippen LogP contribution is -1.83. The Hall–Kier alpha value is -0.570. The minimum Gasteiger partial charge on any atom is -0.375 e. The fraction of sp³-hybridized carbons (Fsp3) is 0.750. The van der Waals surface area contributed by atoms with Gasteiger partial charge in [-0.2, -0.15) is 0 Å². The first-order chi connectivity index (χ1) is 7.33. The van der Waals surface area contributed by atoms with Crippen molar-refractivity contribution in [1.29, 1.82) is 0 Å². The number of unbranched alkanes of at least 4 members (excludes halogenated alkanes) is 6. The summed E-state index contributed by atoms with van der Waals surface area (Å²) in [6, 6.07) is 0. The summed E-state index contributed by atoms with van der Waals surface area (Å²) in [5, 5.41) is 0.702. The molecule has 0 bridgehead atoms. The largest absolute Gasteiger partial charge is 0.375 e. The standard InChI is InChI=1S/C12H22N2S/c1-2-3-4-5-6-7-8-9-11-10-14-12(13)15-11/h10H,2-9H2,1H3,(H2,13,14). The number of hydrogen-bond acceptors (Lipinski definition) is 3. The van der Waals surface area contributed by atoms with E-state index in [1.165, 1.54) is 49.8 Å². The molecule has 0 fully saturated rings. The van der Waals surface area contributed by atoms with E-state index in [4.69, 9.17) is 5.73 Å². The smallest absolute Gasteiger partial charge is 0.180 e. The summed E-state index contributed by atoms with van der Waals surface area (Å²) in [4.78, 5) is 5.39. The number of anilines is 1. The molecule has 0 aromatic carbocycles. The maximum Gasteiger partial charge on any atom is 0.180 e. The topological polar surface area (TPSA) is 38.9 Å². The lowest BCUT2D eigenvalue weighted by atomic mass is 10.1. The quantitative estimate of drug-likeness (QED) is 0.680. The second-order valence-corrected chi connectivity index (χ2v) is 5.18. The summed E-state index contributed by atoms with van der Waals surface area (Å²) in [7, 11) is 0. The molecular weight excluding hydrogens is 204 g/mol. The summed E-state index contributed by atoms with van der Waals surface area (Å²) in [5.41, 5.74) is 5.57. The Morgan fingerprint density at radius 2 is 1.80 bits per heavy atom. The molecule has 86 valence electrons. The molecule has 0 saturated heterocycles. The highest BCUT2D eigenvalue weighted by Gasteiger charge is 1.98. The molecular formula is C12H22N2S. The highest BCUT2D eigenvalue weighted by molar-refractivity contribution is 7.15. The van der Waals surface area contributed by atoms with Crippen LogP contribution < -0.4 is 5.73 Å². The van der Waals surface area contributed by atoms with Crippen LogP contribution in [0.15, 0.2) is 6.20 Å². The van der Waals surface area contributed by atoms with Crippen molar-refractivity contribution in [2.45, 2.75) is 58.3 Å². The third kappa shape index (κ3) is 5.78. The average Bonchev–Trinajstić information content (AvgIpc) is 2.63. The number of thiazole rings is 1. The summed E-state index contributed by atoms with van der Waals surface area (Å²) in [6.07, 6.45) is 12.6. The average molecular weight is 226 g/mol. The van der Waals surface area contributed by atoms with E-state index in [1.807, 2.05) is 6.20 Å². The van der Waals surface area contributed by atoms with Crippen LogP contribution in [0.3, 0.4) is 0 Å². The molecule has 0 amide bonds. The van der Waals surface area contributed by atoms with Gasteiger partial charge < -0.3 is 5.73 Å². The van der Waals surface area contributed by atoms with Crippen molar-refractivity contribution in [1.82, 2.24) is 4.98 Å². The van der Waals surface area contributed by atoms with E-state index in [0.29, 0.717) is 5.13 Å². The number of nitrogen functional groups attached to an aromatic ring is 1. The Morgan fingerprint density at radius 3 is 2.40 bits per heavy atom. The zero-order valence-electron chi connectivity index (χ0n) is 9.67. The monoisotopic (exact) mass is 226 g/mol. The second kappa shape index (κ2) is 7.69. The van der Waals surface area contributed by atoms with Crippen molar-refractivity contribution in [3.05, 3.63) is 11.1 Å². The van der Waals surface area contributed by atoms with Crippen molar-refractivity contribution in [3.63, 3.8) is 0 Å². The Kier molecular flexibility index (Phi) is 6.41. The van der Waals surface area contributed by atoms with Gasteiger partial charge in [0.15, 0.2) is 5.13 Å². The summed E-state index contributed by atoms with van der Waals surface area (Å²) in [6.45, 7) is 2.26. The van der Waals surface area contributed by atoms with Crippen LogP contribution in [0, 0.1) is 0 Å². The number of rotatable bonds is 8. The van der Waals surface area contributed by atoms with Gasteiger partial charge >= 0.3 is 0 Å². The Labute approximate surface area is 96.9 Å². The van der Waals surface area contributed by atoms with Gasteiger partial charge in [-0.25, -0.2) is 4.98 Å². The van der Waals surface area contributed by atoms with Crippen molar-refractivity contribution in [2.24, 2.45) is 0 Å². The van der Waals surface area contributed by atoms with Crippen LogP contribution in [-0.4, -0.2) is 4.98 Å². The number of nitrogens with zero attached hydrogens (tertiary/aromatic N) is 1. The second-order valence-electron chi connectivity index (χ2n) is 4.04. The van der Waals surface area contributed by atoms with Gasteiger partial charge in [-0.05, 0) is 12.8 Å². The highest BCUT2D eigenvalue weighted by atomic mass is 32.1. The highest BCUT2D eigenvalue weighted by Crippen LogP contribution is 2.17. The van der Waals surface area contributed by atoms with Crippen molar-refractivity contribution in [2.75, 3.05) is 5.73 Å². The van der Waals surface area contributed by atoms with Gasteiger partial charge in [0, 0.05) is 11.1 Å².